The largest absolute Gasteiger partial charge is 0.468 e. The van der Waals surface area contributed by atoms with Crippen molar-refractivity contribution in [3.8, 4) is 0 Å². The van der Waals surface area contributed by atoms with E-state index in [4.69, 9.17) is 4.74 Å². The van der Waals surface area contributed by atoms with Crippen molar-refractivity contribution in [2.45, 2.75) is 6.04 Å². The lowest BCUT2D eigenvalue weighted by Crippen LogP contribution is -2.31. The monoisotopic (exact) mass is 245 g/mol. The highest BCUT2D eigenvalue weighted by molar-refractivity contribution is 5.77. The molecule has 1 atom stereocenters. The predicted octanol–water partition coefficient (Wildman–Crippen LogP) is 2.57. The molecule has 3 nitrogen and oxygen atoms in total. The predicted molar refractivity (Wildman–Crippen MR) is 73.2 cm³/mol. The molecule has 3 heteroatoms. The SMILES string of the molecule is C=C/C=C\CN(C)C(C(=O)OC)c1ccccc1. The molecule has 0 heterocycles. The molecular weight excluding hydrogens is 226 g/mol. The van der Waals surface area contributed by atoms with Crippen molar-refractivity contribution >= 4 is 5.97 Å². The Hall–Kier alpha value is -1.87. The molecule has 0 fully saturated rings. The second-order valence-corrected chi connectivity index (χ2v) is 3.94. The maximum absolute atomic E-state index is 11.9. The number of carbonyl (C=O) groups is 1. The summed E-state index contributed by atoms with van der Waals surface area (Å²) >= 11 is 0. The Kier molecular flexibility index (Phi) is 5.88. The van der Waals surface area contributed by atoms with Gasteiger partial charge in [0.2, 0.25) is 0 Å². The number of benzene rings is 1. The Balaban J connectivity index is 2.88. The van der Waals surface area contributed by atoms with Crippen molar-refractivity contribution in [1.29, 1.82) is 0 Å². The van der Waals surface area contributed by atoms with Crippen LogP contribution in [0.4, 0.5) is 0 Å². The topological polar surface area (TPSA) is 29.5 Å². The summed E-state index contributed by atoms with van der Waals surface area (Å²) in [6.07, 6.45) is 5.52. The Labute approximate surface area is 108 Å². The minimum absolute atomic E-state index is 0.254. The van der Waals surface area contributed by atoms with E-state index in [1.54, 1.807) is 6.08 Å². The summed E-state index contributed by atoms with van der Waals surface area (Å²) in [7, 11) is 3.30. The molecule has 0 aromatic heterocycles. The van der Waals surface area contributed by atoms with Gasteiger partial charge >= 0.3 is 5.97 Å². The number of hydrogen-bond donors (Lipinski definition) is 0. The molecule has 0 aliphatic carbocycles. The van der Waals surface area contributed by atoms with Crippen LogP contribution in [0.5, 0.6) is 0 Å². The van der Waals surface area contributed by atoms with Crippen LogP contribution < -0.4 is 0 Å². The van der Waals surface area contributed by atoms with Crippen LogP contribution in [-0.4, -0.2) is 31.6 Å². The summed E-state index contributed by atoms with van der Waals surface area (Å²) in [6.45, 7) is 4.27. The average Bonchev–Trinajstić information content (AvgIpc) is 2.40. The molecule has 1 aromatic carbocycles. The first kappa shape index (κ1) is 14.2. The minimum Gasteiger partial charge on any atom is -0.468 e. The van der Waals surface area contributed by atoms with Gasteiger partial charge in [-0.05, 0) is 12.6 Å². The molecule has 0 amide bonds. The van der Waals surface area contributed by atoms with E-state index in [1.807, 2.05) is 54.4 Å². The standard InChI is InChI=1S/C15H19NO2/c1-4-5-9-12-16(2)14(15(17)18-3)13-10-7-6-8-11-13/h4-11,14H,1,12H2,2-3H3/b9-5-. The molecule has 96 valence electrons. The van der Waals surface area contributed by atoms with E-state index in [-0.39, 0.29) is 12.0 Å². The zero-order chi connectivity index (χ0) is 13.4. The van der Waals surface area contributed by atoms with Gasteiger partial charge in [0.25, 0.3) is 0 Å². The van der Waals surface area contributed by atoms with Gasteiger partial charge in [-0.15, -0.1) is 0 Å². The van der Waals surface area contributed by atoms with E-state index >= 15 is 0 Å². The third-order valence-electron chi connectivity index (χ3n) is 2.65. The zero-order valence-corrected chi connectivity index (χ0v) is 10.9. The molecule has 1 aromatic rings. The van der Waals surface area contributed by atoms with E-state index in [1.165, 1.54) is 7.11 Å². The number of likely N-dealkylation sites (N-methyl/N-ethyl adjacent to an activating group) is 1. The fourth-order valence-electron chi connectivity index (χ4n) is 1.75. The van der Waals surface area contributed by atoms with Gasteiger partial charge in [-0.25, -0.2) is 4.79 Å². The van der Waals surface area contributed by atoms with Crippen LogP contribution in [-0.2, 0) is 9.53 Å². The molecule has 0 bridgehead atoms. The lowest BCUT2D eigenvalue weighted by molar-refractivity contribution is -0.146. The first-order valence-corrected chi connectivity index (χ1v) is 5.81. The number of esters is 1. The van der Waals surface area contributed by atoms with E-state index in [0.29, 0.717) is 6.54 Å². The molecule has 1 unspecified atom stereocenters. The molecular formula is C15H19NO2. The lowest BCUT2D eigenvalue weighted by atomic mass is 10.1. The minimum atomic E-state index is -0.384. The van der Waals surface area contributed by atoms with Crippen LogP contribution in [0.1, 0.15) is 11.6 Å². The summed E-state index contributed by atoms with van der Waals surface area (Å²) in [5.41, 5.74) is 0.929. The third-order valence-corrected chi connectivity index (χ3v) is 2.65. The summed E-state index contributed by atoms with van der Waals surface area (Å²) in [6, 6.07) is 9.22. The lowest BCUT2D eigenvalue weighted by Gasteiger charge is -2.25. The van der Waals surface area contributed by atoms with Gasteiger partial charge in [-0.1, -0.05) is 55.1 Å². The number of methoxy groups -OCH3 is 1. The fourth-order valence-corrected chi connectivity index (χ4v) is 1.75. The summed E-state index contributed by atoms with van der Waals surface area (Å²) in [4.78, 5) is 13.8. The third kappa shape index (κ3) is 3.86. The quantitative estimate of drug-likeness (QED) is 0.570. The van der Waals surface area contributed by atoms with Gasteiger partial charge in [0, 0.05) is 6.54 Å². The molecule has 0 radical (unpaired) electrons. The number of ether oxygens (including phenoxy) is 1. The van der Waals surface area contributed by atoms with Crippen LogP contribution in [0.15, 0.2) is 55.1 Å². The van der Waals surface area contributed by atoms with E-state index < -0.39 is 0 Å². The van der Waals surface area contributed by atoms with E-state index in [9.17, 15) is 4.79 Å². The number of carbonyl (C=O) groups excluding carboxylic acids is 1. The second-order valence-electron chi connectivity index (χ2n) is 3.94. The molecule has 0 saturated carbocycles. The van der Waals surface area contributed by atoms with Crippen molar-refractivity contribution in [2.75, 3.05) is 20.7 Å². The number of rotatable bonds is 6. The van der Waals surface area contributed by atoms with Crippen LogP contribution in [0, 0.1) is 0 Å². The summed E-state index contributed by atoms with van der Waals surface area (Å²) < 4.78 is 4.87. The molecule has 0 aliphatic rings. The first-order valence-electron chi connectivity index (χ1n) is 5.81. The van der Waals surface area contributed by atoms with Gasteiger partial charge in [-0.3, -0.25) is 4.90 Å². The van der Waals surface area contributed by atoms with Crippen molar-refractivity contribution in [3.63, 3.8) is 0 Å². The molecule has 1 rings (SSSR count). The molecule has 0 saturated heterocycles. The Morgan fingerprint density at radius 3 is 2.67 bits per heavy atom. The van der Waals surface area contributed by atoms with Crippen LogP contribution in [0.25, 0.3) is 0 Å². The highest BCUT2D eigenvalue weighted by Crippen LogP contribution is 2.20. The summed E-state index contributed by atoms with van der Waals surface area (Å²) in [5.74, 6) is -0.254. The Morgan fingerprint density at radius 1 is 1.44 bits per heavy atom. The number of hydrogen-bond acceptors (Lipinski definition) is 3. The molecule has 0 spiro atoms. The molecule has 18 heavy (non-hydrogen) atoms. The fraction of sp³-hybridized carbons (Fsp3) is 0.267. The van der Waals surface area contributed by atoms with Crippen molar-refractivity contribution in [3.05, 3.63) is 60.7 Å². The number of allylic oxidation sites excluding steroid dienone is 2. The highest BCUT2D eigenvalue weighted by Gasteiger charge is 2.24. The van der Waals surface area contributed by atoms with Crippen molar-refractivity contribution < 1.29 is 9.53 Å². The highest BCUT2D eigenvalue weighted by atomic mass is 16.5. The van der Waals surface area contributed by atoms with Gasteiger partial charge < -0.3 is 4.74 Å². The van der Waals surface area contributed by atoms with Crippen LogP contribution in [0.3, 0.4) is 0 Å². The second kappa shape index (κ2) is 7.45. The van der Waals surface area contributed by atoms with E-state index in [2.05, 4.69) is 6.58 Å². The van der Waals surface area contributed by atoms with E-state index in [0.717, 1.165) is 5.56 Å². The number of nitrogens with zero attached hydrogens (tertiary/aromatic N) is 1. The average molecular weight is 245 g/mol. The van der Waals surface area contributed by atoms with Gasteiger partial charge in [0.1, 0.15) is 6.04 Å². The van der Waals surface area contributed by atoms with Crippen LogP contribution >= 0.6 is 0 Å². The zero-order valence-electron chi connectivity index (χ0n) is 10.9. The maximum Gasteiger partial charge on any atom is 0.327 e. The Bertz CT molecular complexity index is 412. The van der Waals surface area contributed by atoms with Crippen molar-refractivity contribution in [2.24, 2.45) is 0 Å². The smallest absolute Gasteiger partial charge is 0.327 e. The first-order chi connectivity index (χ1) is 8.70. The summed E-state index contributed by atoms with van der Waals surface area (Å²) in [5, 5.41) is 0. The van der Waals surface area contributed by atoms with Gasteiger partial charge in [0.15, 0.2) is 0 Å². The normalized spacial score (nSPS) is 12.6. The van der Waals surface area contributed by atoms with Gasteiger partial charge in [0.05, 0.1) is 7.11 Å². The molecule has 0 aliphatic heterocycles. The Morgan fingerprint density at radius 2 is 2.11 bits per heavy atom. The molecule has 0 N–H and O–H groups in total. The maximum atomic E-state index is 11.9. The van der Waals surface area contributed by atoms with Gasteiger partial charge in [-0.2, -0.15) is 0 Å². The van der Waals surface area contributed by atoms with Crippen LogP contribution in [0.2, 0.25) is 0 Å². The van der Waals surface area contributed by atoms with Crippen molar-refractivity contribution in [1.82, 2.24) is 4.90 Å².